The summed E-state index contributed by atoms with van der Waals surface area (Å²) >= 11 is 0. The molecule has 3 rings (SSSR count). The summed E-state index contributed by atoms with van der Waals surface area (Å²) in [6, 6.07) is 9.91. The van der Waals surface area contributed by atoms with E-state index < -0.39 is 0 Å². The maximum absolute atomic E-state index is 12.7. The molecule has 0 bridgehead atoms. The number of aromatic nitrogens is 3. The number of amides is 1. The first kappa shape index (κ1) is 16.2. The van der Waals surface area contributed by atoms with Crippen molar-refractivity contribution in [1.82, 2.24) is 14.8 Å². The maximum Gasteiger partial charge on any atom is 0.256 e. The van der Waals surface area contributed by atoms with E-state index in [4.69, 9.17) is 0 Å². The first-order valence-electron chi connectivity index (χ1n) is 8.24. The van der Waals surface area contributed by atoms with Gasteiger partial charge in [0.15, 0.2) is 5.65 Å². The molecule has 1 aromatic carbocycles. The average Bonchev–Trinajstić information content (AvgIpc) is 2.98. The van der Waals surface area contributed by atoms with Crippen LogP contribution in [0, 0.1) is 6.92 Å². The van der Waals surface area contributed by atoms with Crippen LogP contribution in [0.4, 0.5) is 5.69 Å². The summed E-state index contributed by atoms with van der Waals surface area (Å²) in [7, 11) is 0. The molecule has 2 aromatic heterocycles. The molecule has 1 amide bonds. The van der Waals surface area contributed by atoms with Gasteiger partial charge in [-0.05, 0) is 51.0 Å². The molecule has 0 unspecified atom stereocenters. The molecule has 1 N–H and O–H groups in total. The molecule has 5 heteroatoms. The fraction of sp³-hybridized carbons (Fsp3) is 0.316. The Labute approximate surface area is 141 Å². The number of hydrogen-bond acceptors (Lipinski definition) is 3. The minimum absolute atomic E-state index is 0.141. The van der Waals surface area contributed by atoms with Crippen molar-refractivity contribution in [2.45, 2.75) is 40.2 Å². The zero-order valence-electron chi connectivity index (χ0n) is 14.5. The van der Waals surface area contributed by atoms with Crippen LogP contribution in [-0.2, 0) is 6.42 Å². The van der Waals surface area contributed by atoms with Crippen LogP contribution in [0.15, 0.2) is 36.5 Å². The summed E-state index contributed by atoms with van der Waals surface area (Å²) in [4.78, 5) is 17.3. The molecule has 0 aliphatic rings. The van der Waals surface area contributed by atoms with Crippen molar-refractivity contribution in [3.8, 4) is 0 Å². The van der Waals surface area contributed by atoms with E-state index >= 15 is 0 Å². The lowest BCUT2D eigenvalue weighted by Gasteiger charge is -2.10. The summed E-state index contributed by atoms with van der Waals surface area (Å²) in [5.41, 5.74) is 4.18. The number of aryl methyl sites for hydroxylation is 2. The quantitative estimate of drug-likeness (QED) is 0.785. The maximum atomic E-state index is 12.7. The number of nitrogens with one attached hydrogen (secondary N) is 1. The molecular weight excluding hydrogens is 300 g/mol. The summed E-state index contributed by atoms with van der Waals surface area (Å²) in [5.74, 6) is -0.141. The zero-order valence-corrected chi connectivity index (χ0v) is 14.5. The third-order valence-electron chi connectivity index (χ3n) is 4.05. The highest BCUT2D eigenvalue weighted by Gasteiger charge is 2.17. The Morgan fingerprint density at radius 1 is 1.25 bits per heavy atom. The van der Waals surface area contributed by atoms with Gasteiger partial charge in [-0.25, -0.2) is 9.67 Å². The number of carbonyl (C=O) groups excluding carboxylic acids is 1. The lowest BCUT2D eigenvalue weighted by molar-refractivity contribution is 0.102. The normalized spacial score (nSPS) is 11.2. The topological polar surface area (TPSA) is 59.8 Å². The molecule has 0 saturated heterocycles. The number of nitrogens with zero attached hydrogens (tertiary/aromatic N) is 3. The molecule has 0 aliphatic carbocycles. The van der Waals surface area contributed by atoms with Gasteiger partial charge in [0, 0.05) is 17.4 Å². The Balaban J connectivity index is 1.97. The van der Waals surface area contributed by atoms with E-state index in [1.807, 2.05) is 55.8 Å². The van der Waals surface area contributed by atoms with Gasteiger partial charge in [-0.3, -0.25) is 4.79 Å². The van der Waals surface area contributed by atoms with Gasteiger partial charge in [-0.2, -0.15) is 5.10 Å². The fourth-order valence-corrected chi connectivity index (χ4v) is 2.73. The second kappa shape index (κ2) is 6.43. The van der Waals surface area contributed by atoms with Gasteiger partial charge >= 0.3 is 0 Å². The van der Waals surface area contributed by atoms with Crippen molar-refractivity contribution in [2.24, 2.45) is 0 Å². The Hall–Kier alpha value is -2.69. The second-order valence-electron chi connectivity index (χ2n) is 6.24. The van der Waals surface area contributed by atoms with Gasteiger partial charge in [-0.1, -0.05) is 19.1 Å². The van der Waals surface area contributed by atoms with Crippen LogP contribution in [0.2, 0.25) is 0 Å². The number of benzene rings is 1. The van der Waals surface area contributed by atoms with Crippen molar-refractivity contribution in [2.75, 3.05) is 5.32 Å². The predicted octanol–water partition coefficient (Wildman–Crippen LogP) is 4.14. The van der Waals surface area contributed by atoms with Crippen molar-refractivity contribution >= 4 is 22.6 Å². The van der Waals surface area contributed by atoms with Crippen LogP contribution in [-0.4, -0.2) is 20.7 Å². The van der Waals surface area contributed by atoms with Crippen LogP contribution >= 0.6 is 0 Å². The van der Waals surface area contributed by atoms with E-state index in [-0.39, 0.29) is 11.9 Å². The minimum Gasteiger partial charge on any atom is -0.322 e. The molecule has 0 spiro atoms. The Bertz CT molecular complexity index is 878. The first-order chi connectivity index (χ1) is 11.5. The molecule has 0 fully saturated rings. The largest absolute Gasteiger partial charge is 0.322 e. The third-order valence-corrected chi connectivity index (χ3v) is 4.05. The molecule has 3 aromatic rings. The standard InChI is InChI=1S/C19H22N4O/c1-5-14-6-8-15(9-7-14)22-19(24)16-10-13(4)21-18-17(16)11-20-23(18)12(2)3/h6-12H,5H2,1-4H3,(H,22,24). The lowest BCUT2D eigenvalue weighted by Crippen LogP contribution is -2.13. The highest BCUT2D eigenvalue weighted by atomic mass is 16.1. The molecule has 24 heavy (non-hydrogen) atoms. The van der Waals surface area contributed by atoms with Crippen LogP contribution in [0.25, 0.3) is 11.0 Å². The number of carbonyl (C=O) groups is 1. The van der Waals surface area contributed by atoms with Crippen molar-refractivity contribution in [3.05, 3.63) is 53.3 Å². The number of rotatable bonds is 4. The van der Waals surface area contributed by atoms with Gasteiger partial charge in [0.25, 0.3) is 5.91 Å². The highest BCUT2D eigenvalue weighted by molar-refractivity contribution is 6.12. The molecule has 124 valence electrons. The number of pyridine rings is 1. The monoisotopic (exact) mass is 322 g/mol. The van der Waals surface area contributed by atoms with Crippen LogP contribution in [0.1, 0.15) is 48.4 Å². The van der Waals surface area contributed by atoms with Crippen molar-refractivity contribution in [1.29, 1.82) is 0 Å². The molecule has 0 saturated carbocycles. The molecule has 5 nitrogen and oxygen atoms in total. The van der Waals surface area contributed by atoms with Gasteiger partial charge in [0.2, 0.25) is 0 Å². The Kier molecular flexibility index (Phi) is 4.34. The second-order valence-corrected chi connectivity index (χ2v) is 6.24. The zero-order chi connectivity index (χ0) is 17.3. The van der Waals surface area contributed by atoms with E-state index in [2.05, 4.69) is 22.3 Å². The van der Waals surface area contributed by atoms with Gasteiger partial charge in [-0.15, -0.1) is 0 Å². The van der Waals surface area contributed by atoms with E-state index in [1.165, 1.54) is 5.56 Å². The van der Waals surface area contributed by atoms with Crippen molar-refractivity contribution in [3.63, 3.8) is 0 Å². The molecule has 0 atom stereocenters. The van der Waals surface area contributed by atoms with E-state index in [0.717, 1.165) is 28.8 Å². The predicted molar refractivity (Wildman–Crippen MR) is 96.4 cm³/mol. The van der Waals surface area contributed by atoms with Gasteiger partial charge in [0.1, 0.15) is 0 Å². The van der Waals surface area contributed by atoms with E-state index in [9.17, 15) is 4.79 Å². The molecule has 0 radical (unpaired) electrons. The van der Waals surface area contributed by atoms with Crippen LogP contribution < -0.4 is 5.32 Å². The smallest absolute Gasteiger partial charge is 0.256 e. The van der Waals surface area contributed by atoms with Gasteiger partial charge < -0.3 is 5.32 Å². The minimum atomic E-state index is -0.141. The molecule has 0 aliphatic heterocycles. The van der Waals surface area contributed by atoms with Crippen molar-refractivity contribution < 1.29 is 4.79 Å². The summed E-state index contributed by atoms with van der Waals surface area (Å²) < 4.78 is 1.84. The summed E-state index contributed by atoms with van der Waals surface area (Å²) in [6.07, 6.45) is 2.70. The highest BCUT2D eigenvalue weighted by Crippen LogP contribution is 2.22. The van der Waals surface area contributed by atoms with Crippen LogP contribution in [0.5, 0.6) is 0 Å². The SMILES string of the molecule is CCc1ccc(NC(=O)c2cc(C)nc3c2cnn3C(C)C)cc1. The Morgan fingerprint density at radius 3 is 2.58 bits per heavy atom. The number of anilines is 1. The lowest BCUT2D eigenvalue weighted by atomic mass is 10.1. The van der Waals surface area contributed by atoms with E-state index in [1.54, 1.807) is 6.20 Å². The summed E-state index contributed by atoms with van der Waals surface area (Å²) in [5, 5.41) is 8.12. The average molecular weight is 322 g/mol. The molecule has 2 heterocycles. The number of hydrogen-bond donors (Lipinski definition) is 1. The van der Waals surface area contributed by atoms with Crippen LogP contribution in [0.3, 0.4) is 0 Å². The first-order valence-corrected chi connectivity index (χ1v) is 8.24. The Morgan fingerprint density at radius 2 is 1.96 bits per heavy atom. The molecular formula is C19H22N4O. The van der Waals surface area contributed by atoms with Gasteiger partial charge in [0.05, 0.1) is 17.1 Å². The summed E-state index contributed by atoms with van der Waals surface area (Å²) in [6.45, 7) is 8.09. The van der Waals surface area contributed by atoms with E-state index in [0.29, 0.717) is 5.56 Å². The fourth-order valence-electron chi connectivity index (χ4n) is 2.73. The third kappa shape index (κ3) is 3.02. The number of fused-ring (bicyclic) bond motifs is 1.